The molecule has 12 heteroatoms. The van der Waals surface area contributed by atoms with Crippen molar-refractivity contribution >= 4 is 17.5 Å². The first-order valence-electron chi connectivity index (χ1n) is 12.4. The molecule has 0 bridgehead atoms. The van der Waals surface area contributed by atoms with Gasteiger partial charge in [0, 0.05) is 52.7 Å². The number of hydrogen-bond acceptors (Lipinski definition) is 8. The standard InChI is InChI=1S/C28H25F2N9O/c1-14-9-24(36-25-10-15(2)38-39-25)37-27(33-14)19-11-21(29)26(32-13-19)28(40)35-16(3)18-5-7-22(31-12-18)20-6-8-23(30)34-17(20)4/h5-13,16H,1-4H3,(H,35,40)(H2,33,36,37,38,39). The zero-order valence-corrected chi connectivity index (χ0v) is 22.1. The van der Waals surface area contributed by atoms with E-state index in [-0.39, 0.29) is 11.5 Å². The molecule has 5 rings (SSSR count). The van der Waals surface area contributed by atoms with E-state index in [0.29, 0.717) is 45.4 Å². The molecule has 0 spiro atoms. The first-order chi connectivity index (χ1) is 19.2. The summed E-state index contributed by atoms with van der Waals surface area (Å²) in [6.07, 6.45) is 2.95. The normalized spacial score (nSPS) is 11.8. The maximum atomic E-state index is 15.0. The first-order valence-corrected chi connectivity index (χ1v) is 12.4. The van der Waals surface area contributed by atoms with Crippen LogP contribution in [0.3, 0.4) is 0 Å². The third-order valence-electron chi connectivity index (χ3n) is 6.09. The van der Waals surface area contributed by atoms with Crippen molar-refractivity contribution in [2.45, 2.75) is 33.7 Å². The molecule has 0 aliphatic heterocycles. The van der Waals surface area contributed by atoms with Gasteiger partial charge in [0.05, 0.1) is 11.7 Å². The van der Waals surface area contributed by atoms with Crippen molar-refractivity contribution in [2.24, 2.45) is 0 Å². The lowest BCUT2D eigenvalue weighted by atomic mass is 10.1. The van der Waals surface area contributed by atoms with Crippen LogP contribution in [0.5, 0.6) is 0 Å². The number of aryl methyl sites for hydroxylation is 3. The summed E-state index contributed by atoms with van der Waals surface area (Å²) in [5, 5.41) is 12.8. The van der Waals surface area contributed by atoms with Crippen molar-refractivity contribution in [3.05, 3.63) is 95.0 Å². The Kier molecular flexibility index (Phi) is 7.23. The van der Waals surface area contributed by atoms with Gasteiger partial charge in [0.25, 0.3) is 5.91 Å². The van der Waals surface area contributed by atoms with Gasteiger partial charge in [-0.1, -0.05) is 6.07 Å². The molecule has 0 fully saturated rings. The fourth-order valence-electron chi connectivity index (χ4n) is 4.07. The van der Waals surface area contributed by atoms with Crippen LogP contribution in [0.1, 0.15) is 46.1 Å². The van der Waals surface area contributed by atoms with E-state index < -0.39 is 23.7 Å². The van der Waals surface area contributed by atoms with Crippen molar-refractivity contribution in [2.75, 3.05) is 5.32 Å². The molecule has 0 saturated heterocycles. The third-order valence-corrected chi connectivity index (χ3v) is 6.09. The number of nitrogens with one attached hydrogen (secondary N) is 3. The summed E-state index contributed by atoms with van der Waals surface area (Å²) in [4.78, 5) is 34.0. The van der Waals surface area contributed by atoms with Crippen LogP contribution in [0.2, 0.25) is 0 Å². The van der Waals surface area contributed by atoms with Gasteiger partial charge in [-0.05, 0) is 57.5 Å². The second-order valence-corrected chi connectivity index (χ2v) is 9.27. The Hall–Kier alpha value is -5.13. The molecule has 0 saturated carbocycles. The van der Waals surface area contributed by atoms with Crippen molar-refractivity contribution in [1.82, 2.24) is 40.4 Å². The topological polar surface area (TPSA) is 134 Å². The molecule has 5 aromatic heterocycles. The average Bonchev–Trinajstić information content (AvgIpc) is 3.32. The summed E-state index contributed by atoms with van der Waals surface area (Å²) in [5.41, 5.74) is 4.03. The Bertz CT molecular complexity index is 1700. The molecule has 3 N–H and O–H groups in total. The minimum Gasteiger partial charge on any atom is -0.344 e. The lowest BCUT2D eigenvalue weighted by Crippen LogP contribution is -2.28. The van der Waals surface area contributed by atoms with E-state index >= 15 is 4.39 Å². The average molecular weight is 542 g/mol. The van der Waals surface area contributed by atoms with Gasteiger partial charge in [0.2, 0.25) is 5.95 Å². The molecule has 1 atom stereocenters. The van der Waals surface area contributed by atoms with E-state index in [1.807, 2.05) is 13.0 Å². The van der Waals surface area contributed by atoms with Crippen molar-refractivity contribution in [3.63, 3.8) is 0 Å². The molecule has 1 amide bonds. The number of anilines is 2. The monoisotopic (exact) mass is 541 g/mol. The Morgan fingerprint density at radius 2 is 1.75 bits per heavy atom. The summed E-state index contributed by atoms with van der Waals surface area (Å²) in [6.45, 7) is 7.12. The summed E-state index contributed by atoms with van der Waals surface area (Å²) in [5.74, 6) is -0.733. The van der Waals surface area contributed by atoms with Gasteiger partial charge in [0.1, 0.15) is 5.82 Å². The number of rotatable bonds is 7. The van der Waals surface area contributed by atoms with Crippen molar-refractivity contribution < 1.29 is 13.6 Å². The highest BCUT2D eigenvalue weighted by Gasteiger charge is 2.19. The summed E-state index contributed by atoms with van der Waals surface area (Å²) < 4.78 is 28.4. The quantitative estimate of drug-likeness (QED) is 0.241. The molecular formula is C28H25F2N9O. The highest BCUT2D eigenvalue weighted by atomic mass is 19.1. The lowest BCUT2D eigenvalue weighted by molar-refractivity contribution is 0.0930. The molecule has 5 aromatic rings. The van der Waals surface area contributed by atoms with E-state index in [0.717, 1.165) is 5.69 Å². The summed E-state index contributed by atoms with van der Waals surface area (Å²) in [7, 11) is 0. The molecule has 0 aliphatic carbocycles. The first kappa shape index (κ1) is 26.5. The summed E-state index contributed by atoms with van der Waals surface area (Å²) in [6, 6.07) is 10.7. The largest absolute Gasteiger partial charge is 0.344 e. The number of pyridine rings is 3. The molecule has 0 aromatic carbocycles. The van der Waals surface area contributed by atoms with Gasteiger partial charge < -0.3 is 10.6 Å². The van der Waals surface area contributed by atoms with Gasteiger partial charge in [-0.15, -0.1) is 0 Å². The molecular weight excluding hydrogens is 516 g/mol. The molecule has 0 radical (unpaired) electrons. The number of halogens is 2. The van der Waals surface area contributed by atoms with E-state index in [4.69, 9.17) is 0 Å². The van der Waals surface area contributed by atoms with Crippen LogP contribution in [0.15, 0.2) is 54.9 Å². The number of carbonyl (C=O) groups is 1. The van der Waals surface area contributed by atoms with Crippen LogP contribution in [-0.4, -0.2) is 41.0 Å². The zero-order valence-electron chi connectivity index (χ0n) is 22.1. The molecule has 5 heterocycles. The smallest absolute Gasteiger partial charge is 0.273 e. The van der Waals surface area contributed by atoms with Gasteiger partial charge in [-0.25, -0.2) is 24.3 Å². The van der Waals surface area contributed by atoms with Crippen molar-refractivity contribution in [3.8, 4) is 22.6 Å². The molecule has 10 nitrogen and oxygen atoms in total. The highest BCUT2D eigenvalue weighted by molar-refractivity contribution is 5.93. The van der Waals surface area contributed by atoms with Gasteiger partial charge >= 0.3 is 0 Å². The second kappa shape index (κ2) is 10.9. The summed E-state index contributed by atoms with van der Waals surface area (Å²) >= 11 is 0. The molecule has 0 aliphatic rings. The molecule has 1 unspecified atom stereocenters. The van der Waals surface area contributed by atoms with Crippen LogP contribution >= 0.6 is 0 Å². The van der Waals surface area contributed by atoms with Crippen LogP contribution in [0.4, 0.5) is 20.4 Å². The van der Waals surface area contributed by atoms with Crippen LogP contribution in [0.25, 0.3) is 22.6 Å². The van der Waals surface area contributed by atoms with Crippen LogP contribution in [-0.2, 0) is 0 Å². The Morgan fingerprint density at radius 3 is 2.42 bits per heavy atom. The molecule has 202 valence electrons. The predicted molar refractivity (Wildman–Crippen MR) is 145 cm³/mol. The number of aromatic nitrogens is 7. The highest BCUT2D eigenvalue weighted by Crippen LogP contribution is 2.24. The predicted octanol–water partition coefficient (Wildman–Crippen LogP) is 5.16. The Morgan fingerprint density at radius 1 is 0.925 bits per heavy atom. The fraction of sp³-hybridized carbons (Fsp3) is 0.179. The van der Waals surface area contributed by atoms with E-state index in [1.54, 1.807) is 51.2 Å². The SMILES string of the molecule is Cc1cc(Nc2cc(C)[nH]n2)nc(-c2cnc(C(=O)NC(C)c3ccc(-c4ccc(F)nc4C)nc3)c(F)c2)n1. The van der Waals surface area contributed by atoms with Gasteiger partial charge in [-0.3, -0.25) is 14.9 Å². The number of hydrogen-bond donors (Lipinski definition) is 3. The maximum absolute atomic E-state index is 15.0. The maximum Gasteiger partial charge on any atom is 0.273 e. The van der Waals surface area contributed by atoms with E-state index in [9.17, 15) is 9.18 Å². The van der Waals surface area contributed by atoms with Crippen LogP contribution in [0, 0.1) is 32.5 Å². The minimum atomic E-state index is -0.808. The van der Waals surface area contributed by atoms with Crippen LogP contribution < -0.4 is 10.6 Å². The van der Waals surface area contributed by atoms with Gasteiger partial charge in [0.15, 0.2) is 23.2 Å². The molecule has 40 heavy (non-hydrogen) atoms. The zero-order chi connectivity index (χ0) is 28.4. The number of carbonyl (C=O) groups excluding carboxylic acids is 1. The Balaban J connectivity index is 1.29. The fourth-order valence-corrected chi connectivity index (χ4v) is 4.07. The third kappa shape index (κ3) is 5.80. The number of nitrogens with zero attached hydrogens (tertiary/aromatic N) is 6. The van der Waals surface area contributed by atoms with Crippen molar-refractivity contribution in [1.29, 1.82) is 0 Å². The van der Waals surface area contributed by atoms with E-state index in [1.165, 1.54) is 18.3 Å². The van der Waals surface area contributed by atoms with Gasteiger partial charge in [-0.2, -0.15) is 9.49 Å². The number of amides is 1. The number of H-pyrrole nitrogens is 1. The second-order valence-electron chi connectivity index (χ2n) is 9.27. The minimum absolute atomic E-state index is 0.249. The lowest BCUT2D eigenvalue weighted by Gasteiger charge is -2.15. The van der Waals surface area contributed by atoms with E-state index in [2.05, 4.69) is 45.8 Å². The Labute approximate surface area is 228 Å². The number of aromatic amines is 1.